The fourth-order valence-corrected chi connectivity index (χ4v) is 1.79. The molecule has 1 heterocycles. The van der Waals surface area contributed by atoms with Gasteiger partial charge >= 0.3 is 6.01 Å². The van der Waals surface area contributed by atoms with Crippen LogP contribution in [0, 0.1) is 0 Å². The van der Waals surface area contributed by atoms with Gasteiger partial charge in [0, 0.05) is 10.7 Å². The average Bonchev–Trinajstić information content (AvgIpc) is 2.34. The van der Waals surface area contributed by atoms with E-state index in [0.717, 1.165) is 4.47 Å². The van der Waals surface area contributed by atoms with E-state index in [1.165, 1.54) is 6.20 Å². The minimum atomic E-state index is 0.139. The lowest BCUT2D eigenvalue weighted by Crippen LogP contribution is -2.12. The Hall–Kier alpha value is -1.24. The number of halogens is 2. The Labute approximate surface area is 122 Å². The zero-order chi connectivity index (χ0) is 13.1. The second kappa shape index (κ2) is 5.60. The number of benzene rings is 1. The van der Waals surface area contributed by atoms with Crippen LogP contribution < -0.4 is 10.5 Å². The van der Waals surface area contributed by atoms with Gasteiger partial charge in [-0.2, -0.15) is 4.98 Å². The van der Waals surface area contributed by atoms with E-state index >= 15 is 0 Å². The molecule has 92 valence electrons. The summed E-state index contributed by atoms with van der Waals surface area (Å²) in [6.45, 7) is 0. The maximum atomic E-state index is 6.00. The first kappa shape index (κ1) is 13.2. The highest BCUT2D eigenvalue weighted by Gasteiger charge is 2.07. The third kappa shape index (κ3) is 3.16. The summed E-state index contributed by atoms with van der Waals surface area (Å²) in [4.78, 5) is 8.21. The highest BCUT2D eigenvalue weighted by atomic mass is 79.9. The van der Waals surface area contributed by atoms with Crippen molar-refractivity contribution in [1.82, 2.24) is 9.97 Å². The van der Waals surface area contributed by atoms with E-state index in [2.05, 4.69) is 25.9 Å². The summed E-state index contributed by atoms with van der Waals surface area (Å²) < 4.78 is 6.32. The van der Waals surface area contributed by atoms with Crippen molar-refractivity contribution in [2.24, 2.45) is 5.73 Å². The minimum absolute atomic E-state index is 0.139. The van der Waals surface area contributed by atoms with Crippen LogP contribution in [-0.4, -0.2) is 15.0 Å². The fraction of sp³-hybridized carbons (Fsp3) is 0. The Bertz CT molecular complexity index is 609. The van der Waals surface area contributed by atoms with Crippen LogP contribution in [0.3, 0.4) is 0 Å². The van der Waals surface area contributed by atoms with E-state index < -0.39 is 0 Å². The minimum Gasteiger partial charge on any atom is -0.423 e. The topological polar surface area (TPSA) is 61.0 Å². The summed E-state index contributed by atoms with van der Waals surface area (Å²) in [5.41, 5.74) is 5.93. The number of ether oxygens (including phenoxy) is 1. The van der Waals surface area contributed by atoms with Crippen LogP contribution in [0.15, 0.2) is 34.9 Å². The number of thiocarbonyl (C=S) groups is 1. The molecular weight excluding hydrogens is 338 g/mol. The highest BCUT2D eigenvalue weighted by molar-refractivity contribution is 9.10. The summed E-state index contributed by atoms with van der Waals surface area (Å²) in [5.74, 6) is 0.450. The molecule has 2 aromatic rings. The van der Waals surface area contributed by atoms with Gasteiger partial charge in [-0.25, -0.2) is 4.98 Å². The van der Waals surface area contributed by atoms with E-state index in [0.29, 0.717) is 16.5 Å². The first-order chi connectivity index (χ1) is 8.56. The maximum absolute atomic E-state index is 6.00. The molecule has 2 N–H and O–H groups in total. The highest BCUT2D eigenvalue weighted by Crippen LogP contribution is 2.30. The molecule has 0 aliphatic heterocycles. The zero-order valence-electron chi connectivity index (χ0n) is 8.93. The van der Waals surface area contributed by atoms with E-state index in [1.807, 2.05) is 6.07 Å². The molecule has 7 heteroatoms. The lowest BCUT2D eigenvalue weighted by molar-refractivity contribution is 0.441. The van der Waals surface area contributed by atoms with Gasteiger partial charge < -0.3 is 10.5 Å². The van der Waals surface area contributed by atoms with Gasteiger partial charge in [-0.05, 0) is 24.3 Å². The van der Waals surface area contributed by atoms with Crippen molar-refractivity contribution in [3.63, 3.8) is 0 Å². The number of aromatic nitrogens is 2. The van der Waals surface area contributed by atoms with Crippen LogP contribution in [0.25, 0.3) is 0 Å². The third-order valence-corrected chi connectivity index (χ3v) is 3.00. The van der Waals surface area contributed by atoms with Gasteiger partial charge in [0.15, 0.2) is 5.75 Å². The van der Waals surface area contributed by atoms with Crippen molar-refractivity contribution < 1.29 is 4.74 Å². The number of hydrogen-bond donors (Lipinski definition) is 1. The van der Waals surface area contributed by atoms with Gasteiger partial charge in [-0.15, -0.1) is 0 Å². The van der Waals surface area contributed by atoms with Crippen molar-refractivity contribution in [3.8, 4) is 11.8 Å². The van der Waals surface area contributed by atoms with E-state index in [9.17, 15) is 0 Å². The van der Waals surface area contributed by atoms with Crippen molar-refractivity contribution >= 4 is 44.7 Å². The van der Waals surface area contributed by atoms with Crippen LogP contribution in [0.5, 0.6) is 11.8 Å². The average molecular weight is 345 g/mol. The lowest BCUT2D eigenvalue weighted by atomic mass is 10.3. The molecule has 0 bridgehead atoms. The molecule has 0 amide bonds. The quantitative estimate of drug-likeness (QED) is 0.866. The van der Waals surface area contributed by atoms with Crippen LogP contribution in [0.2, 0.25) is 5.02 Å². The zero-order valence-corrected chi connectivity index (χ0v) is 12.1. The van der Waals surface area contributed by atoms with E-state index in [1.54, 1.807) is 18.2 Å². The lowest BCUT2D eigenvalue weighted by Gasteiger charge is -2.06. The second-order valence-corrected chi connectivity index (χ2v) is 5.03. The molecule has 0 aliphatic rings. The molecule has 0 atom stereocenters. The molecule has 18 heavy (non-hydrogen) atoms. The molecule has 1 aromatic carbocycles. The number of nitrogens with two attached hydrogens (primary N) is 1. The Balaban J connectivity index is 2.31. The molecule has 4 nitrogen and oxygen atoms in total. The predicted octanol–water partition coefficient (Wildman–Crippen LogP) is 3.32. The molecular formula is C11H7BrClN3OS. The van der Waals surface area contributed by atoms with Gasteiger partial charge in [0.25, 0.3) is 0 Å². The normalized spacial score (nSPS) is 10.1. The summed E-state index contributed by atoms with van der Waals surface area (Å²) in [7, 11) is 0. The fourth-order valence-electron chi connectivity index (χ4n) is 1.18. The second-order valence-electron chi connectivity index (χ2n) is 3.27. The maximum Gasteiger partial charge on any atom is 0.322 e. The number of hydrogen-bond acceptors (Lipinski definition) is 4. The summed E-state index contributed by atoms with van der Waals surface area (Å²) in [5, 5.41) is 0.461. The Morgan fingerprint density at radius 1 is 1.39 bits per heavy atom. The summed E-state index contributed by atoms with van der Waals surface area (Å²) >= 11 is 14.2. The Morgan fingerprint density at radius 3 is 2.89 bits per heavy atom. The van der Waals surface area contributed by atoms with Gasteiger partial charge in [0.2, 0.25) is 0 Å². The van der Waals surface area contributed by atoms with E-state index in [-0.39, 0.29) is 11.0 Å². The SMILES string of the molecule is NC(=S)c1ccnc(Oc2cc(Br)ccc2Cl)n1. The number of rotatable bonds is 3. The van der Waals surface area contributed by atoms with Gasteiger partial charge in [-0.3, -0.25) is 0 Å². The molecule has 0 radical (unpaired) electrons. The Morgan fingerprint density at radius 2 is 2.17 bits per heavy atom. The molecule has 0 saturated heterocycles. The summed E-state index contributed by atoms with van der Waals surface area (Å²) in [6, 6.07) is 6.98. The van der Waals surface area contributed by atoms with Crippen LogP contribution in [-0.2, 0) is 0 Å². The molecule has 1 aromatic heterocycles. The summed E-state index contributed by atoms with van der Waals surface area (Å²) in [6.07, 6.45) is 1.52. The smallest absolute Gasteiger partial charge is 0.322 e. The molecule has 0 aliphatic carbocycles. The van der Waals surface area contributed by atoms with Gasteiger partial charge in [0.1, 0.15) is 10.7 Å². The standard InChI is InChI=1S/C11H7BrClN3OS/c12-6-1-2-7(13)9(5-6)17-11-15-4-3-8(16-11)10(14)18/h1-5H,(H2,14,18). The largest absolute Gasteiger partial charge is 0.423 e. The molecule has 0 spiro atoms. The molecule has 0 fully saturated rings. The third-order valence-electron chi connectivity index (χ3n) is 1.98. The molecule has 0 unspecified atom stereocenters. The van der Waals surface area contributed by atoms with Gasteiger partial charge in [0.05, 0.1) is 5.02 Å². The van der Waals surface area contributed by atoms with Crippen LogP contribution in [0.4, 0.5) is 0 Å². The van der Waals surface area contributed by atoms with Crippen molar-refractivity contribution in [2.75, 3.05) is 0 Å². The monoisotopic (exact) mass is 343 g/mol. The molecule has 0 saturated carbocycles. The van der Waals surface area contributed by atoms with E-state index in [4.69, 9.17) is 34.3 Å². The van der Waals surface area contributed by atoms with Crippen LogP contribution in [0.1, 0.15) is 5.69 Å². The Kier molecular flexibility index (Phi) is 4.11. The predicted molar refractivity (Wildman–Crippen MR) is 77.1 cm³/mol. The van der Waals surface area contributed by atoms with Gasteiger partial charge in [-0.1, -0.05) is 39.7 Å². The van der Waals surface area contributed by atoms with Crippen molar-refractivity contribution in [2.45, 2.75) is 0 Å². The molecule has 2 rings (SSSR count). The number of nitrogens with zero attached hydrogens (tertiary/aromatic N) is 2. The first-order valence-corrected chi connectivity index (χ1v) is 6.40. The van der Waals surface area contributed by atoms with Crippen molar-refractivity contribution in [1.29, 1.82) is 0 Å². The van der Waals surface area contributed by atoms with Crippen LogP contribution >= 0.6 is 39.7 Å². The van der Waals surface area contributed by atoms with Crippen molar-refractivity contribution in [3.05, 3.63) is 45.7 Å². The first-order valence-electron chi connectivity index (χ1n) is 4.82.